The zero-order valence-corrected chi connectivity index (χ0v) is 25.5. The van der Waals surface area contributed by atoms with Gasteiger partial charge in [0.05, 0.1) is 31.1 Å². The summed E-state index contributed by atoms with van der Waals surface area (Å²) in [6.45, 7) is -1.40. The molecule has 3 aromatic carbocycles. The number of halogens is 6. The first kappa shape index (κ1) is 37.7. The summed E-state index contributed by atoms with van der Waals surface area (Å²) in [6, 6.07) is 6.09. The Labute approximate surface area is 265 Å². The molecule has 0 spiro atoms. The van der Waals surface area contributed by atoms with E-state index in [-0.39, 0.29) is 17.8 Å². The topological polar surface area (TPSA) is 243 Å². The Kier molecular flexibility index (Phi) is 10.5. The summed E-state index contributed by atoms with van der Waals surface area (Å²) < 4.78 is 158. The molecule has 16 nitrogen and oxygen atoms in total. The summed E-state index contributed by atoms with van der Waals surface area (Å²) in [5.41, 5.74) is -14.1. The zero-order valence-electron chi connectivity index (χ0n) is 23.1. The van der Waals surface area contributed by atoms with Gasteiger partial charge in [-0.25, -0.2) is 25.3 Å². The van der Waals surface area contributed by atoms with Crippen molar-refractivity contribution in [3.8, 4) is 11.5 Å². The number of nitrogens with zero attached hydrogens (tertiary/aromatic N) is 2. The van der Waals surface area contributed by atoms with Crippen molar-refractivity contribution in [2.75, 3.05) is 18.5 Å². The molecule has 0 saturated heterocycles. The lowest BCUT2D eigenvalue weighted by Crippen LogP contribution is -2.33. The largest absolute Gasteiger partial charge is 0.501 e. The van der Waals surface area contributed by atoms with Crippen LogP contribution in [0.5, 0.6) is 11.5 Å². The molecule has 0 aliphatic rings. The van der Waals surface area contributed by atoms with Gasteiger partial charge in [-0.05, 0) is 48.5 Å². The summed E-state index contributed by atoms with van der Waals surface area (Å²) in [6.07, 6.45) is -1.56. The number of ether oxygens (including phenoxy) is 2. The average molecular weight is 752 g/mol. The Hall–Kier alpha value is -4.75. The highest BCUT2D eigenvalue weighted by Crippen LogP contribution is 2.38. The second kappa shape index (κ2) is 13.4. The summed E-state index contributed by atoms with van der Waals surface area (Å²) in [7, 11) is -16.4. The van der Waals surface area contributed by atoms with Gasteiger partial charge in [0.2, 0.25) is 0 Å². The number of hydrogen-bond acceptors (Lipinski definition) is 13. The van der Waals surface area contributed by atoms with Crippen molar-refractivity contribution in [1.82, 2.24) is 5.14 Å². The molecule has 3 rings (SSSR count). The molecule has 261 valence electrons. The van der Waals surface area contributed by atoms with E-state index in [9.17, 15) is 71.8 Å². The highest BCUT2D eigenvalue weighted by atomic mass is 32.2. The summed E-state index contributed by atoms with van der Waals surface area (Å²) >= 11 is 0. The maximum Gasteiger partial charge on any atom is 0.501 e. The molecule has 0 bridgehead atoms. The molecular formula is C23H17F6N4O12S3. The van der Waals surface area contributed by atoms with Crippen molar-refractivity contribution in [3.63, 3.8) is 0 Å². The summed E-state index contributed by atoms with van der Waals surface area (Å²) in [4.78, 5) is 17.2. The smallest absolute Gasteiger partial charge is 0.483 e. The molecule has 0 aromatic heterocycles. The van der Waals surface area contributed by atoms with Crippen molar-refractivity contribution in [2.24, 2.45) is 0 Å². The Morgan fingerprint density at radius 3 is 1.54 bits per heavy atom. The monoisotopic (exact) mass is 751 g/mol. The minimum atomic E-state index is -6.05. The van der Waals surface area contributed by atoms with Crippen LogP contribution in [0.4, 0.5) is 43.4 Å². The number of sulfone groups is 2. The van der Waals surface area contributed by atoms with E-state index in [4.69, 9.17) is 14.6 Å². The van der Waals surface area contributed by atoms with Crippen LogP contribution < -0.4 is 19.9 Å². The standard InChI is InChI=1S/C23H17F6N4O12S3/c24-22(25,26)46(38,39)16-5-7-20(18(9-16)32(34)35)44-12-14(11-31-13-1-3-15(4-2-13)48(30,42)43)45-21-8-6-17(10-19(21)33(36)37)47(40,41)23(27,28)29/h1-10,14,30-31H,11-12H2. The van der Waals surface area contributed by atoms with E-state index in [1.807, 2.05) is 0 Å². The van der Waals surface area contributed by atoms with Gasteiger partial charge in [0.15, 0.2) is 17.6 Å². The van der Waals surface area contributed by atoms with E-state index < -0.39 is 107 Å². The molecule has 0 heterocycles. The summed E-state index contributed by atoms with van der Waals surface area (Å²) in [5.74, 6) is -1.66. The van der Waals surface area contributed by atoms with Gasteiger partial charge in [-0.3, -0.25) is 20.2 Å². The Morgan fingerprint density at radius 1 is 0.708 bits per heavy atom. The normalized spacial score (nSPS) is 13.4. The van der Waals surface area contributed by atoms with Crippen LogP contribution in [-0.2, 0) is 29.7 Å². The zero-order chi connectivity index (χ0) is 36.5. The fourth-order valence-electron chi connectivity index (χ4n) is 3.58. The van der Waals surface area contributed by atoms with Gasteiger partial charge in [-0.15, -0.1) is 5.14 Å². The van der Waals surface area contributed by atoms with E-state index >= 15 is 0 Å². The highest BCUT2D eigenvalue weighted by Gasteiger charge is 2.48. The lowest BCUT2D eigenvalue weighted by molar-refractivity contribution is -0.386. The Morgan fingerprint density at radius 2 is 1.12 bits per heavy atom. The molecule has 0 amide bonds. The van der Waals surface area contributed by atoms with Crippen LogP contribution in [0, 0.1) is 20.2 Å². The number of sulfonamides is 1. The Balaban J connectivity index is 2.00. The van der Waals surface area contributed by atoms with Crippen molar-refractivity contribution in [2.45, 2.75) is 31.8 Å². The fraction of sp³-hybridized carbons (Fsp3) is 0.217. The van der Waals surface area contributed by atoms with Crippen LogP contribution in [-0.4, -0.2) is 65.4 Å². The maximum atomic E-state index is 13.0. The predicted molar refractivity (Wildman–Crippen MR) is 148 cm³/mol. The molecule has 1 radical (unpaired) electrons. The van der Waals surface area contributed by atoms with E-state index in [0.717, 1.165) is 24.3 Å². The van der Waals surface area contributed by atoms with Crippen LogP contribution >= 0.6 is 0 Å². The highest BCUT2D eigenvalue weighted by molar-refractivity contribution is 7.92. The van der Waals surface area contributed by atoms with Gasteiger partial charge in [-0.1, -0.05) is 0 Å². The summed E-state index contributed by atoms with van der Waals surface area (Å²) in [5, 5.41) is 32.9. The molecule has 25 heteroatoms. The van der Waals surface area contributed by atoms with Gasteiger partial charge in [0.25, 0.3) is 29.7 Å². The number of benzene rings is 3. The third-order valence-electron chi connectivity index (χ3n) is 5.90. The minimum absolute atomic E-state index is 0.0498. The second-order valence-electron chi connectivity index (χ2n) is 9.13. The molecule has 1 atom stereocenters. The van der Waals surface area contributed by atoms with Crippen molar-refractivity contribution >= 4 is 46.8 Å². The van der Waals surface area contributed by atoms with Crippen LogP contribution in [0.25, 0.3) is 0 Å². The van der Waals surface area contributed by atoms with Crippen LogP contribution in [0.15, 0.2) is 75.4 Å². The van der Waals surface area contributed by atoms with E-state index in [1.54, 1.807) is 0 Å². The van der Waals surface area contributed by atoms with Crippen LogP contribution in [0.1, 0.15) is 0 Å². The molecule has 0 aliphatic carbocycles. The van der Waals surface area contributed by atoms with E-state index in [1.165, 1.54) is 0 Å². The first-order valence-corrected chi connectivity index (χ1v) is 16.6. The number of nitro benzene ring substituents is 2. The molecular weight excluding hydrogens is 734 g/mol. The van der Waals surface area contributed by atoms with Crippen LogP contribution in [0.2, 0.25) is 0 Å². The molecule has 0 saturated carbocycles. The van der Waals surface area contributed by atoms with Gasteiger partial charge >= 0.3 is 22.4 Å². The van der Waals surface area contributed by atoms with Gasteiger partial charge in [0.1, 0.15) is 6.61 Å². The van der Waals surface area contributed by atoms with Gasteiger partial charge in [0, 0.05) is 17.8 Å². The number of anilines is 1. The van der Waals surface area contributed by atoms with E-state index in [2.05, 4.69) is 5.32 Å². The molecule has 1 unspecified atom stereocenters. The fourth-order valence-corrected chi connectivity index (χ4v) is 5.64. The molecule has 2 N–H and O–H groups in total. The number of alkyl halides is 6. The number of nitrogens with one attached hydrogen (secondary N) is 2. The minimum Gasteiger partial charge on any atom is -0.483 e. The van der Waals surface area contributed by atoms with Crippen molar-refractivity contribution in [3.05, 3.63) is 80.9 Å². The molecule has 3 aromatic rings. The lowest BCUT2D eigenvalue weighted by atomic mass is 10.2. The van der Waals surface area contributed by atoms with Crippen molar-refractivity contribution in [1.29, 1.82) is 0 Å². The number of nitro groups is 2. The average Bonchev–Trinajstić information content (AvgIpc) is 2.96. The van der Waals surface area contributed by atoms with Crippen molar-refractivity contribution < 1.29 is 70.9 Å². The maximum absolute atomic E-state index is 13.0. The Bertz CT molecular complexity index is 2060. The first-order valence-electron chi connectivity index (χ1n) is 12.2. The molecule has 48 heavy (non-hydrogen) atoms. The van der Waals surface area contributed by atoms with Gasteiger partial charge in [-0.2, -0.15) is 26.3 Å². The third kappa shape index (κ3) is 8.39. The van der Waals surface area contributed by atoms with Gasteiger partial charge < -0.3 is 14.8 Å². The number of rotatable bonds is 13. The lowest BCUT2D eigenvalue weighted by Gasteiger charge is -2.21. The van der Waals surface area contributed by atoms with E-state index in [0.29, 0.717) is 24.3 Å². The third-order valence-corrected chi connectivity index (χ3v) is 9.76. The first-order chi connectivity index (χ1) is 21.9. The number of hydrogen-bond donors (Lipinski definition) is 1. The SMILES string of the molecule is [NH]S(=O)(=O)c1ccc(NCC(COc2ccc(S(=O)(=O)C(F)(F)F)cc2[N+](=O)[O-])Oc2ccc(S(=O)(=O)C(F)(F)F)cc2[N+](=O)[O-])cc1. The van der Waals surface area contributed by atoms with Crippen LogP contribution in [0.3, 0.4) is 0 Å². The predicted octanol–water partition coefficient (Wildman–Crippen LogP) is 4.00. The second-order valence-corrected chi connectivity index (χ2v) is 14.5. The quantitative estimate of drug-likeness (QED) is 0.148. The molecule has 0 aliphatic heterocycles. The molecule has 0 fully saturated rings.